The van der Waals surface area contributed by atoms with Crippen LogP contribution in [0.5, 0.6) is 5.75 Å². The summed E-state index contributed by atoms with van der Waals surface area (Å²) >= 11 is 0. The standard InChI is InChI=1S/C11H11F2O2/c1-7(6-12)9-3-10(13)5-11(4-9)15-8(2)14/h3-5,7H,1,6H2,2H3. The Bertz CT molecular complexity index is 364. The largest absolute Gasteiger partial charge is 0.427 e. The fraction of sp³-hybridized carbons (Fsp3) is 0.273. The van der Waals surface area contributed by atoms with E-state index in [9.17, 15) is 13.6 Å². The molecule has 0 bridgehead atoms. The van der Waals surface area contributed by atoms with E-state index in [-0.39, 0.29) is 5.75 Å². The van der Waals surface area contributed by atoms with Crippen LogP contribution in [0.2, 0.25) is 0 Å². The molecule has 15 heavy (non-hydrogen) atoms. The predicted octanol–water partition coefficient (Wildman–Crippen LogP) is 2.64. The lowest BCUT2D eigenvalue weighted by molar-refractivity contribution is -0.131. The average molecular weight is 213 g/mol. The Labute approximate surface area is 86.9 Å². The molecule has 0 aliphatic heterocycles. The van der Waals surface area contributed by atoms with E-state index in [2.05, 4.69) is 6.92 Å². The van der Waals surface area contributed by atoms with Gasteiger partial charge in [0.2, 0.25) is 0 Å². The minimum atomic E-state index is -0.692. The summed E-state index contributed by atoms with van der Waals surface area (Å²) in [5, 5.41) is 0. The molecule has 81 valence electrons. The van der Waals surface area contributed by atoms with E-state index in [4.69, 9.17) is 4.74 Å². The average Bonchev–Trinajstić information content (AvgIpc) is 2.14. The molecule has 0 fully saturated rings. The molecule has 0 spiro atoms. The Kier molecular flexibility index (Phi) is 3.77. The van der Waals surface area contributed by atoms with E-state index in [0.717, 1.165) is 6.07 Å². The van der Waals surface area contributed by atoms with Crippen molar-refractivity contribution in [3.63, 3.8) is 0 Å². The van der Waals surface area contributed by atoms with E-state index < -0.39 is 24.4 Å². The van der Waals surface area contributed by atoms with E-state index in [1.54, 1.807) is 0 Å². The van der Waals surface area contributed by atoms with Gasteiger partial charge in [0.25, 0.3) is 0 Å². The summed E-state index contributed by atoms with van der Waals surface area (Å²) in [6.45, 7) is 4.02. The molecule has 1 unspecified atom stereocenters. The lowest BCUT2D eigenvalue weighted by atomic mass is 10.0. The zero-order chi connectivity index (χ0) is 11.4. The Balaban J connectivity index is 2.99. The van der Waals surface area contributed by atoms with Crippen molar-refractivity contribution in [1.29, 1.82) is 0 Å². The summed E-state index contributed by atoms with van der Waals surface area (Å²) in [7, 11) is 0. The molecule has 1 aromatic rings. The van der Waals surface area contributed by atoms with Crippen LogP contribution in [-0.2, 0) is 4.79 Å². The van der Waals surface area contributed by atoms with E-state index in [1.165, 1.54) is 19.1 Å². The number of alkyl halides is 1. The second-order valence-electron chi connectivity index (χ2n) is 3.17. The third-order valence-corrected chi connectivity index (χ3v) is 1.81. The van der Waals surface area contributed by atoms with Gasteiger partial charge in [0.05, 0.1) is 6.67 Å². The van der Waals surface area contributed by atoms with Gasteiger partial charge in [-0.1, -0.05) is 0 Å². The third kappa shape index (κ3) is 3.31. The Morgan fingerprint density at radius 1 is 1.53 bits per heavy atom. The maximum Gasteiger partial charge on any atom is 0.308 e. The van der Waals surface area contributed by atoms with E-state index >= 15 is 0 Å². The number of hydrogen-bond acceptors (Lipinski definition) is 2. The predicted molar refractivity (Wildman–Crippen MR) is 51.8 cm³/mol. The Hall–Kier alpha value is -1.45. The summed E-state index contributed by atoms with van der Waals surface area (Å²) in [5.74, 6) is -1.71. The molecule has 0 saturated carbocycles. The fourth-order valence-corrected chi connectivity index (χ4v) is 1.13. The lowest BCUT2D eigenvalue weighted by Crippen LogP contribution is -2.03. The SMILES string of the molecule is [CH2]C(CF)c1cc(F)cc(OC(C)=O)c1. The number of halogens is 2. The van der Waals surface area contributed by atoms with Gasteiger partial charge >= 0.3 is 5.97 Å². The first-order valence-electron chi connectivity index (χ1n) is 4.41. The minimum Gasteiger partial charge on any atom is -0.427 e. The molecule has 1 radical (unpaired) electrons. The van der Waals surface area contributed by atoms with Gasteiger partial charge in [0, 0.05) is 18.9 Å². The maximum atomic E-state index is 13.0. The van der Waals surface area contributed by atoms with Gasteiger partial charge in [-0.05, 0) is 24.6 Å². The highest BCUT2D eigenvalue weighted by Crippen LogP contribution is 2.23. The van der Waals surface area contributed by atoms with Gasteiger partial charge in [-0.25, -0.2) is 4.39 Å². The molecule has 0 aliphatic rings. The summed E-state index contributed by atoms with van der Waals surface area (Å²) in [4.78, 5) is 10.6. The zero-order valence-corrected chi connectivity index (χ0v) is 8.30. The Morgan fingerprint density at radius 2 is 2.20 bits per heavy atom. The lowest BCUT2D eigenvalue weighted by Gasteiger charge is -2.09. The first kappa shape index (κ1) is 11.6. The zero-order valence-electron chi connectivity index (χ0n) is 8.30. The van der Waals surface area contributed by atoms with Crippen LogP contribution >= 0.6 is 0 Å². The number of esters is 1. The topological polar surface area (TPSA) is 26.3 Å². The summed E-state index contributed by atoms with van der Waals surface area (Å²) in [6.07, 6.45) is 0. The highest BCUT2D eigenvalue weighted by atomic mass is 19.1. The first-order chi connectivity index (χ1) is 7.02. The summed E-state index contributed by atoms with van der Waals surface area (Å²) in [6, 6.07) is 3.64. The molecule has 1 aromatic carbocycles. The van der Waals surface area contributed by atoms with Crippen LogP contribution in [0, 0.1) is 12.7 Å². The van der Waals surface area contributed by atoms with Crippen molar-refractivity contribution in [2.45, 2.75) is 12.8 Å². The van der Waals surface area contributed by atoms with Crippen LogP contribution in [0.4, 0.5) is 8.78 Å². The van der Waals surface area contributed by atoms with Gasteiger partial charge in [-0.3, -0.25) is 9.18 Å². The monoisotopic (exact) mass is 213 g/mol. The molecule has 0 aliphatic carbocycles. The molecular weight excluding hydrogens is 202 g/mol. The van der Waals surface area contributed by atoms with E-state index in [1.807, 2.05) is 0 Å². The van der Waals surface area contributed by atoms with Gasteiger partial charge in [-0.2, -0.15) is 0 Å². The number of benzene rings is 1. The summed E-state index contributed by atoms with van der Waals surface area (Å²) < 4.78 is 30.0. The normalized spacial score (nSPS) is 12.3. The van der Waals surface area contributed by atoms with Crippen LogP contribution in [0.1, 0.15) is 18.4 Å². The van der Waals surface area contributed by atoms with Crippen LogP contribution in [0.3, 0.4) is 0 Å². The second-order valence-corrected chi connectivity index (χ2v) is 3.17. The molecule has 1 atom stereocenters. The van der Waals surface area contributed by atoms with E-state index in [0.29, 0.717) is 5.56 Å². The molecule has 1 rings (SSSR count). The van der Waals surface area contributed by atoms with Crippen LogP contribution in [0.15, 0.2) is 18.2 Å². The molecule has 0 aromatic heterocycles. The van der Waals surface area contributed by atoms with Crippen molar-refractivity contribution in [2.75, 3.05) is 6.67 Å². The first-order valence-corrected chi connectivity index (χ1v) is 4.41. The molecule has 0 amide bonds. The van der Waals surface area contributed by atoms with Gasteiger partial charge in [-0.15, -0.1) is 0 Å². The smallest absolute Gasteiger partial charge is 0.308 e. The molecule has 0 saturated heterocycles. The molecule has 2 nitrogen and oxygen atoms in total. The van der Waals surface area contributed by atoms with Crippen molar-refractivity contribution < 1.29 is 18.3 Å². The van der Waals surface area contributed by atoms with Crippen LogP contribution < -0.4 is 4.74 Å². The molecule has 0 heterocycles. The number of ether oxygens (including phenoxy) is 1. The van der Waals surface area contributed by atoms with Gasteiger partial charge < -0.3 is 4.74 Å². The Morgan fingerprint density at radius 3 is 2.73 bits per heavy atom. The minimum absolute atomic E-state index is 0.0691. The number of rotatable bonds is 3. The molecule has 0 N–H and O–H groups in total. The third-order valence-electron chi connectivity index (χ3n) is 1.81. The molecular formula is C11H11F2O2. The molecule has 4 heteroatoms. The number of hydrogen-bond donors (Lipinski definition) is 0. The van der Waals surface area contributed by atoms with Crippen molar-refractivity contribution in [3.8, 4) is 5.75 Å². The highest BCUT2D eigenvalue weighted by Gasteiger charge is 2.09. The van der Waals surface area contributed by atoms with Crippen molar-refractivity contribution >= 4 is 5.97 Å². The van der Waals surface area contributed by atoms with Gasteiger partial charge in [0.15, 0.2) is 0 Å². The van der Waals surface area contributed by atoms with Gasteiger partial charge in [0.1, 0.15) is 11.6 Å². The van der Waals surface area contributed by atoms with Crippen molar-refractivity contribution in [2.24, 2.45) is 0 Å². The van der Waals surface area contributed by atoms with Crippen LogP contribution in [-0.4, -0.2) is 12.6 Å². The van der Waals surface area contributed by atoms with Crippen LogP contribution in [0.25, 0.3) is 0 Å². The quantitative estimate of drug-likeness (QED) is 0.570. The van der Waals surface area contributed by atoms with Crippen molar-refractivity contribution in [3.05, 3.63) is 36.5 Å². The second kappa shape index (κ2) is 4.87. The fourth-order valence-electron chi connectivity index (χ4n) is 1.13. The number of carbonyl (C=O) groups is 1. The highest BCUT2D eigenvalue weighted by molar-refractivity contribution is 5.69. The number of carbonyl (C=O) groups excluding carboxylic acids is 1. The van der Waals surface area contributed by atoms with Crippen molar-refractivity contribution in [1.82, 2.24) is 0 Å². The maximum absolute atomic E-state index is 13.0. The summed E-state index contributed by atoms with van der Waals surface area (Å²) in [5.41, 5.74) is 0.369.